The van der Waals surface area contributed by atoms with Crippen LogP contribution in [0.1, 0.15) is 45.4 Å². The van der Waals surface area contributed by atoms with Crippen LogP contribution in [0.15, 0.2) is 0 Å². The Labute approximate surface area is 123 Å². The molecule has 1 aliphatic carbocycles. The molecule has 0 spiro atoms. The number of piperidine rings is 1. The summed E-state index contributed by atoms with van der Waals surface area (Å²) in [5.74, 6) is 1.53. The van der Waals surface area contributed by atoms with E-state index in [2.05, 4.69) is 17.1 Å². The van der Waals surface area contributed by atoms with Crippen molar-refractivity contribution in [3.05, 3.63) is 0 Å². The molecule has 0 bridgehead atoms. The minimum atomic E-state index is 0.181. The van der Waals surface area contributed by atoms with Crippen molar-refractivity contribution >= 4 is 5.91 Å². The maximum Gasteiger partial charge on any atom is 0.223 e. The zero-order valence-electron chi connectivity index (χ0n) is 12.9. The van der Waals surface area contributed by atoms with Crippen LogP contribution in [-0.4, -0.2) is 43.5 Å². The van der Waals surface area contributed by atoms with E-state index in [0.717, 1.165) is 25.8 Å². The molecule has 1 amide bonds. The molecule has 1 aliphatic heterocycles. The zero-order chi connectivity index (χ0) is 14.4. The molecule has 0 radical (unpaired) electrons. The average Bonchev–Trinajstić information content (AvgIpc) is 2.95. The molecule has 2 rings (SSSR count). The van der Waals surface area contributed by atoms with Gasteiger partial charge >= 0.3 is 0 Å². The van der Waals surface area contributed by atoms with Gasteiger partial charge in [0.05, 0.1) is 0 Å². The van der Waals surface area contributed by atoms with E-state index in [1.165, 1.54) is 38.9 Å². The number of amides is 1. The van der Waals surface area contributed by atoms with Gasteiger partial charge < -0.3 is 16.0 Å². The lowest BCUT2D eigenvalue weighted by atomic mass is 9.93. The number of nitrogens with two attached hydrogens (primary N) is 1. The van der Waals surface area contributed by atoms with E-state index in [1.54, 1.807) is 0 Å². The number of rotatable bonds is 6. The summed E-state index contributed by atoms with van der Waals surface area (Å²) in [6.45, 7) is 7.38. The second-order valence-electron chi connectivity index (χ2n) is 6.56. The highest BCUT2D eigenvalue weighted by molar-refractivity contribution is 5.79. The summed E-state index contributed by atoms with van der Waals surface area (Å²) in [5.41, 5.74) is 5.76. The number of carbonyl (C=O) groups excluding carboxylic acids is 1. The topological polar surface area (TPSA) is 58.4 Å². The average molecular weight is 281 g/mol. The second kappa shape index (κ2) is 7.99. The third-order valence-corrected chi connectivity index (χ3v) is 5.11. The molecule has 4 nitrogen and oxygen atoms in total. The Hall–Kier alpha value is -0.610. The van der Waals surface area contributed by atoms with Crippen LogP contribution in [0, 0.1) is 17.8 Å². The van der Waals surface area contributed by atoms with E-state index in [-0.39, 0.29) is 11.8 Å². The lowest BCUT2D eigenvalue weighted by molar-refractivity contribution is -0.126. The minimum Gasteiger partial charge on any atom is -0.356 e. The van der Waals surface area contributed by atoms with E-state index in [1.807, 2.05) is 0 Å². The summed E-state index contributed by atoms with van der Waals surface area (Å²) in [4.78, 5) is 14.8. The Morgan fingerprint density at radius 3 is 2.65 bits per heavy atom. The molecule has 2 atom stereocenters. The molecule has 0 aromatic carbocycles. The maximum atomic E-state index is 12.2. The number of nitrogens with one attached hydrogen (secondary N) is 1. The van der Waals surface area contributed by atoms with Gasteiger partial charge in [0.15, 0.2) is 0 Å². The van der Waals surface area contributed by atoms with Crippen LogP contribution in [0.25, 0.3) is 0 Å². The van der Waals surface area contributed by atoms with Crippen molar-refractivity contribution in [1.29, 1.82) is 0 Å². The van der Waals surface area contributed by atoms with Gasteiger partial charge in [0, 0.05) is 12.5 Å². The van der Waals surface area contributed by atoms with Crippen LogP contribution in [0.5, 0.6) is 0 Å². The smallest absolute Gasteiger partial charge is 0.223 e. The second-order valence-corrected chi connectivity index (χ2v) is 6.56. The predicted octanol–water partition coefficient (Wildman–Crippen LogP) is 1.60. The predicted molar refractivity (Wildman–Crippen MR) is 82.4 cm³/mol. The van der Waals surface area contributed by atoms with Gasteiger partial charge in [-0.15, -0.1) is 0 Å². The molecule has 0 unspecified atom stereocenters. The number of likely N-dealkylation sites (tertiary alicyclic amines) is 1. The van der Waals surface area contributed by atoms with E-state index in [0.29, 0.717) is 18.4 Å². The zero-order valence-corrected chi connectivity index (χ0v) is 12.9. The number of hydrogen-bond donors (Lipinski definition) is 2. The minimum absolute atomic E-state index is 0.181. The molecule has 4 heteroatoms. The summed E-state index contributed by atoms with van der Waals surface area (Å²) in [6, 6.07) is 0. The Morgan fingerprint density at radius 1 is 1.25 bits per heavy atom. The quantitative estimate of drug-likeness (QED) is 0.777. The largest absolute Gasteiger partial charge is 0.356 e. The van der Waals surface area contributed by atoms with E-state index in [4.69, 9.17) is 5.73 Å². The summed E-state index contributed by atoms with van der Waals surface area (Å²) < 4.78 is 0. The van der Waals surface area contributed by atoms with Crippen molar-refractivity contribution in [1.82, 2.24) is 10.2 Å². The Kier molecular flexibility index (Phi) is 6.30. The molecule has 1 heterocycles. The summed E-state index contributed by atoms with van der Waals surface area (Å²) >= 11 is 0. The maximum absolute atomic E-state index is 12.2. The molecule has 0 aromatic rings. The Balaban J connectivity index is 1.67. The first-order valence-corrected chi connectivity index (χ1v) is 8.44. The molecular formula is C16H31N3O. The van der Waals surface area contributed by atoms with Gasteiger partial charge in [0.25, 0.3) is 0 Å². The third-order valence-electron chi connectivity index (χ3n) is 5.11. The van der Waals surface area contributed by atoms with Crippen LogP contribution >= 0.6 is 0 Å². The van der Waals surface area contributed by atoms with Crippen LogP contribution in [0.2, 0.25) is 0 Å². The fourth-order valence-corrected chi connectivity index (χ4v) is 3.77. The summed E-state index contributed by atoms with van der Waals surface area (Å²) in [5, 5.41) is 3.19. The molecule has 0 aromatic heterocycles. The molecule has 2 fully saturated rings. The number of nitrogens with zero attached hydrogens (tertiary/aromatic N) is 1. The van der Waals surface area contributed by atoms with Crippen molar-refractivity contribution in [2.75, 3.05) is 32.7 Å². The summed E-state index contributed by atoms with van der Waals surface area (Å²) in [6.07, 6.45) is 7.02. The Bertz CT molecular complexity index is 300. The number of hydrogen-bond acceptors (Lipinski definition) is 3. The van der Waals surface area contributed by atoms with Gasteiger partial charge in [-0.3, -0.25) is 4.79 Å². The van der Waals surface area contributed by atoms with Gasteiger partial charge in [-0.1, -0.05) is 13.3 Å². The molecule has 1 saturated carbocycles. The van der Waals surface area contributed by atoms with Crippen LogP contribution in [0.3, 0.4) is 0 Å². The lowest BCUT2D eigenvalue weighted by Crippen LogP contribution is -2.41. The molecule has 2 aliphatic rings. The molecular weight excluding hydrogens is 250 g/mol. The molecule has 3 N–H and O–H groups in total. The number of carbonyl (C=O) groups is 1. The fraction of sp³-hybridized carbons (Fsp3) is 0.938. The molecule has 1 saturated heterocycles. The van der Waals surface area contributed by atoms with E-state index < -0.39 is 0 Å². The van der Waals surface area contributed by atoms with E-state index in [9.17, 15) is 4.79 Å². The lowest BCUT2D eigenvalue weighted by Gasteiger charge is -2.32. The van der Waals surface area contributed by atoms with Crippen molar-refractivity contribution in [2.24, 2.45) is 23.5 Å². The van der Waals surface area contributed by atoms with Crippen molar-refractivity contribution < 1.29 is 4.79 Å². The van der Waals surface area contributed by atoms with Gasteiger partial charge in [-0.25, -0.2) is 0 Å². The first-order valence-electron chi connectivity index (χ1n) is 8.44. The SMILES string of the molecule is CCCN1CCC(CNC(=O)[C@@H]2CCC[C@@H]2CN)CC1. The van der Waals surface area contributed by atoms with Crippen molar-refractivity contribution in [2.45, 2.75) is 45.4 Å². The molecule has 20 heavy (non-hydrogen) atoms. The van der Waals surface area contributed by atoms with Gasteiger partial charge in [-0.05, 0) is 70.1 Å². The third kappa shape index (κ3) is 4.19. The van der Waals surface area contributed by atoms with Gasteiger partial charge in [0.1, 0.15) is 0 Å². The first kappa shape index (κ1) is 15.8. The van der Waals surface area contributed by atoms with Gasteiger partial charge in [0.2, 0.25) is 5.91 Å². The van der Waals surface area contributed by atoms with Crippen molar-refractivity contribution in [3.8, 4) is 0 Å². The molecule has 116 valence electrons. The van der Waals surface area contributed by atoms with Crippen LogP contribution in [-0.2, 0) is 4.79 Å². The van der Waals surface area contributed by atoms with Crippen LogP contribution in [0.4, 0.5) is 0 Å². The fourth-order valence-electron chi connectivity index (χ4n) is 3.77. The van der Waals surface area contributed by atoms with Crippen molar-refractivity contribution in [3.63, 3.8) is 0 Å². The normalized spacial score (nSPS) is 28.7. The first-order chi connectivity index (χ1) is 9.74. The highest BCUT2D eigenvalue weighted by Crippen LogP contribution is 2.31. The highest BCUT2D eigenvalue weighted by atomic mass is 16.1. The van der Waals surface area contributed by atoms with Crippen LogP contribution < -0.4 is 11.1 Å². The Morgan fingerprint density at radius 2 is 2.00 bits per heavy atom. The van der Waals surface area contributed by atoms with Gasteiger partial charge in [-0.2, -0.15) is 0 Å². The monoisotopic (exact) mass is 281 g/mol. The van der Waals surface area contributed by atoms with E-state index >= 15 is 0 Å². The highest BCUT2D eigenvalue weighted by Gasteiger charge is 2.32. The standard InChI is InChI=1S/C16H31N3O/c1-2-8-19-9-6-13(7-10-19)12-18-16(20)15-5-3-4-14(15)11-17/h13-15H,2-12,17H2,1H3,(H,18,20)/t14-,15-/m1/s1. The summed E-state index contributed by atoms with van der Waals surface area (Å²) in [7, 11) is 0.